The molecule has 0 unspecified atom stereocenters. The normalized spacial score (nSPS) is 11.6. The number of nitrogens with zero attached hydrogens (tertiary/aromatic N) is 4. The molecule has 3 amide bonds. The number of aromatic nitrogens is 3. The highest BCUT2D eigenvalue weighted by molar-refractivity contribution is 5.94. The van der Waals surface area contributed by atoms with E-state index < -0.39 is 6.03 Å². The van der Waals surface area contributed by atoms with Gasteiger partial charge in [0.15, 0.2) is 0 Å². The molecule has 0 radical (unpaired) electrons. The molecule has 0 aliphatic heterocycles. The fourth-order valence-corrected chi connectivity index (χ4v) is 2.80. The molecule has 28 heavy (non-hydrogen) atoms. The minimum Gasteiger partial charge on any atom is -0.352 e. The number of carbonyl (C=O) groups excluding carboxylic acids is 2. The molecule has 0 saturated carbocycles. The highest BCUT2D eigenvalue weighted by Crippen LogP contribution is 2.22. The first kappa shape index (κ1) is 19.1. The number of rotatable bonds is 6. The number of nitrogens with one attached hydrogen (secondary N) is 1. The van der Waals surface area contributed by atoms with Crippen molar-refractivity contribution in [2.45, 2.75) is 19.5 Å². The summed E-state index contributed by atoms with van der Waals surface area (Å²) in [7, 11) is 1.78. The Labute approximate surface area is 163 Å². The first-order chi connectivity index (χ1) is 13.5. The molecule has 0 aliphatic carbocycles. The lowest BCUT2D eigenvalue weighted by Gasteiger charge is -2.25. The first-order valence-electron chi connectivity index (χ1n) is 8.80. The van der Waals surface area contributed by atoms with Gasteiger partial charge in [-0.25, -0.2) is 14.5 Å². The molecule has 8 nitrogen and oxygen atoms in total. The summed E-state index contributed by atoms with van der Waals surface area (Å²) >= 11 is 0. The van der Waals surface area contributed by atoms with Crippen LogP contribution < -0.4 is 11.1 Å². The van der Waals surface area contributed by atoms with Crippen molar-refractivity contribution in [3.63, 3.8) is 0 Å². The highest BCUT2D eigenvalue weighted by atomic mass is 16.2. The number of amides is 3. The van der Waals surface area contributed by atoms with Crippen LogP contribution in [-0.2, 0) is 6.54 Å². The van der Waals surface area contributed by atoms with E-state index in [0.717, 1.165) is 16.8 Å². The van der Waals surface area contributed by atoms with Gasteiger partial charge in [0.1, 0.15) is 12.7 Å². The van der Waals surface area contributed by atoms with Crippen molar-refractivity contribution in [3.8, 4) is 5.69 Å². The van der Waals surface area contributed by atoms with Gasteiger partial charge < -0.3 is 16.0 Å². The summed E-state index contributed by atoms with van der Waals surface area (Å²) in [5, 5.41) is 6.63. The largest absolute Gasteiger partial charge is 0.352 e. The molecule has 3 rings (SSSR count). The fraction of sp³-hybridized carbons (Fsp3) is 0.200. The van der Waals surface area contributed by atoms with Crippen LogP contribution in [0.4, 0.5) is 4.79 Å². The summed E-state index contributed by atoms with van der Waals surface area (Å²) in [5.41, 5.74) is 8.44. The summed E-state index contributed by atoms with van der Waals surface area (Å²) in [6.45, 7) is 2.31. The molecular weight excluding hydrogens is 356 g/mol. The number of nitrogens with two attached hydrogens (primary N) is 1. The van der Waals surface area contributed by atoms with Crippen LogP contribution in [0.25, 0.3) is 5.69 Å². The molecular formula is C20H22N6O2. The van der Waals surface area contributed by atoms with Crippen molar-refractivity contribution in [1.82, 2.24) is 25.0 Å². The van der Waals surface area contributed by atoms with Crippen LogP contribution in [0.3, 0.4) is 0 Å². The van der Waals surface area contributed by atoms with Crippen molar-refractivity contribution < 1.29 is 9.59 Å². The number of hydrogen-bond donors (Lipinski definition) is 2. The van der Waals surface area contributed by atoms with E-state index in [1.807, 2.05) is 31.2 Å². The third kappa shape index (κ3) is 4.35. The second-order valence-electron chi connectivity index (χ2n) is 6.44. The number of carbonyl (C=O) groups is 2. The van der Waals surface area contributed by atoms with Crippen LogP contribution >= 0.6 is 0 Å². The van der Waals surface area contributed by atoms with Crippen LogP contribution in [0, 0.1) is 0 Å². The SMILES string of the molecule is C[C@H](c1ccc(-n2cncn2)cc1)N(C)C(=O)c1ccc(CNC(N)=O)cc1. The highest BCUT2D eigenvalue weighted by Gasteiger charge is 2.19. The van der Waals surface area contributed by atoms with Gasteiger partial charge in [-0.3, -0.25) is 4.79 Å². The molecule has 0 bridgehead atoms. The topological polar surface area (TPSA) is 106 Å². The Morgan fingerprint density at radius 3 is 2.39 bits per heavy atom. The average Bonchev–Trinajstić information content (AvgIpc) is 3.26. The summed E-state index contributed by atoms with van der Waals surface area (Å²) in [4.78, 5) is 29.2. The smallest absolute Gasteiger partial charge is 0.312 e. The summed E-state index contributed by atoms with van der Waals surface area (Å²) in [6.07, 6.45) is 3.12. The van der Waals surface area contributed by atoms with Gasteiger partial charge in [0.2, 0.25) is 0 Å². The lowest BCUT2D eigenvalue weighted by Crippen LogP contribution is -2.30. The standard InChI is InChI=1S/C20H22N6O2/c1-14(16-7-9-18(10-8-16)26-13-22-12-24-26)25(2)19(27)17-5-3-15(4-6-17)11-23-20(21)28/h3-10,12-14H,11H2,1-2H3,(H3,21,23,28)/t14-/m1/s1. The Hall–Kier alpha value is -3.68. The van der Waals surface area contributed by atoms with Gasteiger partial charge in [0.05, 0.1) is 11.7 Å². The van der Waals surface area contributed by atoms with Gasteiger partial charge >= 0.3 is 6.03 Å². The maximum absolute atomic E-state index is 12.8. The molecule has 3 aromatic rings. The van der Waals surface area contributed by atoms with E-state index in [-0.39, 0.29) is 11.9 Å². The van der Waals surface area contributed by atoms with Crippen LogP contribution in [0.5, 0.6) is 0 Å². The minimum atomic E-state index is -0.580. The van der Waals surface area contributed by atoms with Gasteiger partial charge in [0.25, 0.3) is 5.91 Å². The number of primary amides is 1. The molecule has 2 aromatic carbocycles. The van der Waals surface area contributed by atoms with Crippen LogP contribution in [0.1, 0.15) is 34.5 Å². The second-order valence-corrected chi connectivity index (χ2v) is 6.44. The van der Waals surface area contributed by atoms with E-state index in [4.69, 9.17) is 5.73 Å². The molecule has 1 heterocycles. The predicted molar refractivity (Wildman–Crippen MR) is 105 cm³/mol. The molecule has 144 valence electrons. The Morgan fingerprint density at radius 2 is 1.82 bits per heavy atom. The van der Waals surface area contributed by atoms with Crippen molar-refractivity contribution in [2.75, 3.05) is 7.05 Å². The minimum absolute atomic E-state index is 0.0812. The number of hydrogen-bond acceptors (Lipinski definition) is 4. The van der Waals surface area contributed by atoms with Crippen molar-refractivity contribution in [3.05, 3.63) is 77.9 Å². The van der Waals surface area contributed by atoms with E-state index in [1.54, 1.807) is 47.2 Å². The van der Waals surface area contributed by atoms with E-state index in [9.17, 15) is 9.59 Å². The Morgan fingerprint density at radius 1 is 1.14 bits per heavy atom. The zero-order valence-corrected chi connectivity index (χ0v) is 15.7. The number of urea groups is 1. The maximum atomic E-state index is 12.8. The summed E-state index contributed by atoms with van der Waals surface area (Å²) in [6, 6.07) is 14.3. The lowest BCUT2D eigenvalue weighted by atomic mass is 10.0. The average molecular weight is 378 g/mol. The number of benzene rings is 2. The predicted octanol–water partition coefficient (Wildman–Crippen LogP) is 2.27. The van der Waals surface area contributed by atoms with Gasteiger partial charge in [-0.05, 0) is 42.3 Å². The second kappa shape index (κ2) is 8.34. The molecule has 0 aliphatic rings. The Kier molecular flexibility index (Phi) is 5.69. The van der Waals surface area contributed by atoms with Crippen molar-refractivity contribution in [2.24, 2.45) is 5.73 Å². The quantitative estimate of drug-likeness (QED) is 0.686. The van der Waals surface area contributed by atoms with Gasteiger partial charge in [-0.2, -0.15) is 5.10 Å². The Balaban J connectivity index is 1.67. The van der Waals surface area contributed by atoms with E-state index in [0.29, 0.717) is 12.1 Å². The van der Waals surface area contributed by atoms with E-state index >= 15 is 0 Å². The van der Waals surface area contributed by atoms with E-state index in [2.05, 4.69) is 15.4 Å². The maximum Gasteiger partial charge on any atom is 0.312 e. The van der Waals surface area contributed by atoms with Gasteiger partial charge in [0, 0.05) is 19.2 Å². The van der Waals surface area contributed by atoms with Gasteiger partial charge in [-0.15, -0.1) is 0 Å². The molecule has 0 spiro atoms. The molecule has 1 aromatic heterocycles. The molecule has 3 N–H and O–H groups in total. The third-order valence-electron chi connectivity index (χ3n) is 4.63. The molecule has 1 atom stereocenters. The zero-order valence-electron chi connectivity index (χ0n) is 15.7. The first-order valence-corrected chi connectivity index (χ1v) is 8.80. The summed E-state index contributed by atoms with van der Waals surface area (Å²) < 4.78 is 1.68. The van der Waals surface area contributed by atoms with Gasteiger partial charge in [-0.1, -0.05) is 24.3 Å². The Bertz CT molecular complexity index is 936. The molecule has 8 heteroatoms. The van der Waals surface area contributed by atoms with Crippen molar-refractivity contribution in [1.29, 1.82) is 0 Å². The fourth-order valence-electron chi connectivity index (χ4n) is 2.80. The monoisotopic (exact) mass is 378 g/mol. The lowest BCUT2D eigenvalue weighted by molar-refractivity contribution is 0.0742. The van der Waals surface area contributed by atoms with E-state index in [1.165, 1.54) is 6.33 Å². The molecule has 0 fully saturated rings. The molecule has 0 saturated heterocycles. The van der Waals surface area contributed by atoms with Crippen LogP contribution in [0.15, 0.2) is 61.2 Å². The third-order valence-corrected chi connectivity index (χ3v) is 4.63. The van der Waals surface area contributed by atoms with Crippen LogP contribution in [-0.4, -0.2) is 38.7 Å². The van der Waals surface area contributed by atoms with Crippen molar-refractivity contribution >= 4 is 11.9 Å². The van der Waals surface area contributed by atoms with Crippen LogP contribution in [0.2, 0.25) is 0 Å². The summed E-state index contributed by atoms with van der Waals surface area (Å²) in [5.74, 6) is -0.0812. The zero-order chi connectivity index (χ0) is 20.1.